The maximum atomic E-state index is 12.1. The summed E-state index contributed by atoms with van der Waals surface area (Å²) in [7, 11) is 0. The van der Waals surface area contributed by atoms with Crippen LogP contribution in [-0.2, 0) is 22.6 Å². The minimum atomic E-state index is -0.478. The Labute approximate surface area is 131 Å². The number of hydrogen-bond acceptors (Lipinski definition) is 5. The van der Waals surface area contributed by atoms with E-state index >= 15 is 0 Å². The number of amides is 1. The zero-order valence-corrected chi connectivity index (χ0v) is 14.1. The summed E-state index contributed by atoms with van der Waals surface area (Å²) in [6.45, 7) is 12.0. The number of ether oxygens (including phenoxy) is 2. The number of rotatable bonds is 4. The molecule has 0 aromatic carbocycles. The fourth-order valence-electron chi connectivity index (χ4n) is 2.44. The first-order chi connectivity index (χ1) is 10.2. The molecule has 0 spiro atoms. The summed E-state index contributed by atoms with van der Waals surface area (Å²) < 4.78 is 13.2. The van der Waals surface area contributed by atoms with Gasteiger partial charge in [0.25, 0.3) is 0 Å². The third-order valence-electron chi connectivity index (χ3n) is 3.63. The molecule has 0 radical (unpaired) electrons. The lowest BCUT2D eigenvalue weighted by atomic mass is 10.1. The molecule has 1 unspecified atom stereocenters. The van der Waals surface area contributed by atoms with Gasteiger partial charge < -0.3 is 14.4 Å². The van der Waals surface area contributed by atoms with Crippen LogP contribution in [0.5, 0.6) is 0 Å². The van der Waals surface area contributed by atoms with Crippen LogP contribution in [0.15, 0.2) is 6.33 Å². The zero-order chi connectivity index (χ0) is 16.4. The van der Waals surface area contributed by atoms with Gasteiger partial charge in [0.15, 0.2) is 5.82 Å². The predicted octanol–water partition coefficient (Wildman–Crippen LogP) is 2.21. The molecule has 7 heteroatoms. The van der Waals surface area contributed by atoms with E-state index in [-0.39, 0.29) is 11.7 Å². The van der Waals surface area contributed by atoms with Gasteiger partial charge in [-0.25, -0.2) is 14.5 Å². The van der Waals surface area contributed by atoms with Crippen LogP contribution < -0.4 is 0 Å². The highest BCUT2D eigenvalue weighted by Gasteiger charge is 2.38. The lowest BCUT2D eigenvalue weighted by Gasteiger charge is -2.27. The molecule has 2 heterocycles. The van der Waals surface area contributed by atoms with E-state index in [0.29, 0.717) is 19.7 Å². The van der Waals surface area contributed by atoms with Gasteiger partial charge in [-0.3, -0.25) is 0 Å². The van der Waals surface area contributed by atoms with Crippen molar-refractivity contribution < 1.29 is 14.3 Å². The van der Waals surface area contributed by atoms with Gasteiger partial charge >= 0.3 is 6.09 Å². The standard InChI is InChI=1S/C15H26N4O3/c1-6-19-12(16-11-17-19)9-21-15(5)7-8-18(10-15)13(20)22-14(2,3)4/h11H,6-10H2,1-5H3. The SMILES string of the molecule is CCn1ncnc1COC1(C)CCN(C(=O)OC(C)(C)C)C1. The van der Waals surface area contributed by atoms with Crippen molar-refractivity contribution in [1.82, 2.24) is 19.7 Å². The first kappa shape index (κ1) is 16.7. The van der Waals surface area contributed by atoms with Gasteiger partial charge in [0.1, 0.15) is 18.5 Å². The molecule has 1 aromatic heterocycles. The number of aromatic nitrogens is 3. The van der Waals surface area contributed by atoms with Gasteiger partial charge in [0.05, 0.1) is 12.1 Å². The highest BCUT2D eigenvalue weighted by Crippen LogP contribution is 2.27. The van der Waals surface area contributed by atoms with Crippen LogP contribution in [0, 0.1) is 0 Å². The van der Waals surface area contributed by atoms with Crippen LogP contribution in [0.1, 0.15) is 46.9 Å². The van der Waals surface area contributed by atoms with E-state index in [1.165, 1.54) is 6.33 Å². The second-order valence-corrected chi connectivity index (χ2v) is 6.88. The molecule has 1 saturated heterocycles. The Bertz CT molecular complexity index is 523. The average Bonchev–Trinajstić information content (AvgIpc) is 3.01. The summed E-state index contributed by atoms with van der Waals surface area (Å²) in [6, 6.07) is 0. The monoisotopic (exact) mass is 310 g/mol. The van der Waals surface area contributed by atoms with Crippen LogP contribution in [0.4, 0.5) is 4.79 Å². The molecule has 1 atom stereocenters. The van der Waals surface area contributed by atoms with E-state index < -0.39 is 5.60 Å². The lowest BCUT2D eigenvalue weighted by Crippen LogP contribution is -2.39. The summed E-state index contributed by atoms with van der Waals surface area (Å²) in [5, 5.41) is 4.13. The molecule has 1 aliphatic heterocycles. The molecule has 0 aliphatic carbocycles. The largest absolute Gasteiger partial charge is 0.444 e. The molecular formula is C15H26N4O3. The molecule has 22 heavy (non-hydrogen) atoms. The number of carbonyl (C=O) groups is 1. The highest BCUT2D eigenvalue weighted by atomic mass is 16.6. The normalized spacial score (nSPS) is 22.1. The van der Waals surface area contributed by atoms with Crippen molar-refractivity contribution in [2.75, 3.05) is 13.1 Å². The molecule has 124 valence electrons. The van der Waals surface area contributed by atoms with Gasteiger partial charge in [-0.1, -0.05) is 0 Å². The molecule has 0 N–H and O–H groups in total. The van der Waals surface area contributed by atoms with Crippen LogP contribution in [0.3, 0.4) is 0 Å². The molecule has 2 rings (SSSR count). The van der Waals surface area contributed by atoms with Crippen LogP contribution in [0.2, 0.25) is 0 Å². The Balaban J connectivity index is 1.89. The smallest absolute Gasteiger partial charge is 0.410 e. The Hall–Kier alpha value is -1.63. The minimum absolute atomic E-state index is 0.281. The van der Waals surface area contributed by atoms with E-state index in [2.05, 4.69) is 10.1 Å². The summed E-state index contributed by atoms with van der Waals surface area (Å²) >= 11 is 0. The van der Waals surface area contributed by atoms with Gasteiger partial charge in [0, 0.05) is 13.1 Å². The third-order valence-corrected chi connectivity index (χ3v) is 3.63. The average molecular weight is 310 g/mol. The van der Waals surface area contributed by atoms with E-state index in [4.69, 9.17) is 9.47 Å². The zero-order valence-electron chi connectivity index (χ0n) is 14.1. The first-order valence-corrected chi connectivity index (χ1v) is 7.71. The molecular weight excluding hydrogens is 284 g/mol. The van der Waals surface area contributed by atoms with Crippen molar-refractivity contribution in [3.05, 3.63) is 12.2 Å². The Morgan fingerprint density at radius 3 is 2.82 bits per heavy atom. The van der Waals surface area contributed by atoms with E-state index in [0.717, 1.165) is 18.8 Å². The minimum Gasteiger partial charge on any atom is -0.444 e. The molecule has 1 fully saturated rings. The van der Waals surface area contributed by atoms with Gasteiger partial charge in [0.2, 0.25) is 0 Å². The first-order valence-electron chi connectivity index (χ1n) is 7.71. The second-order valence-electron chi connectivity index (χ2n) is 6.88. The van der Waals surface area contributed by atoms with Crippen LogP contribution in [0.25, 0.3) is 0 Å². The number of carbonyl (C=O) groups excluding carboxylic acids is 1. The summed E-state index contributed by atoms with van der Waals surface area (Å²) in [5.74, 6) is 0.805. The van der Waals surface area contributed by atoms with Gasteiger partial charge in [-0.15, -0.1) is 0 Å². The maximum absolute atomic E-state index is 12.1. The number of nitrogens with zero attached hydrogens (tertiary/aromatic N) is 4. The van der Waals surface area contributed by atoms with Crippen LogP contribution in [-0.4, -0.2) is 50.0 Å². The van der Waals surface area contributed by atoms with Crippen molar-refractivity contribution in [1.29, 1.82) is 0 Å². The van der Waals surface area contributed by atoms with Crippen LogP contribution >= 0.6 is 0 Å². The summed E-state index contributed by atoms with van der Waals surface area (Å²) in [5.41, 5.74) is -0.851. The Morgan fingerprint density at radius 1 is 1.45 bits per heavy atom. The van der Waals surface area contributed by atoms with E-state index in [1.807, 2.05) is 39.3 Å². The van der Waals surface area contributed by atoms with Crippen molar-refractivity contribution in [3.8, 4) is 0 Å². The number of hydrogen-bond donors (Lipinski definition) is 0. The molecule has 0 bridgehead atoms. The van der Waals surface area contributed by atoms with Crippen molar-refractivity contribution in [2.45, 2.75) is 65.4 Å². The van der Waals surface area contributed by atoms with E-state index in [9.17, 15) is 4.79 Å². The van der Waals surface area contributed by atoms with Gasteiger partial charge in [-0.2, -0.15) is 5.10 Å². The third kappa shape index (κ3) is 4.19. The Kier molecular flexibility index (Phi) is 4.75. The lowest BCUT2D eigenvalue weighted by molar-refractivity contribution is -0.0411. The molecule has 1 amide bonds. The summed E-state index contributed by atoms with van der Waals surface area (Å²) in [6.07, 6.45) is 2.04. The quantitative estimate of drug-likeness (QED) is 0.853. The van der Waals surface area contributed by atoms with Gasteiger partial charge in [-0.05, 0) is 41.0 Å². The number of likely N-dealkylation sites (tertiary alicyclic amines) is 1. The molecule has 1 aliphatic rings. The predicted molar refractivity (Wildman–Crippen MR) is 81.3 cm³/mol. The summed E-state index contributed by atoms with van der Waals surface area (Å²) in [4.78, 5) is 18.0. The molecule has 0 saturated carbocycles. The topological polar surface area (TPSA) is 69.5 Å². The van der Waals surface area contributed by atoms with Crippen molar-refractivity contribution >= 4 is 6.09 Å². The highest BCUT2D eigenvalue weighted by molar-refractivity contribution is 5.68. The Morgan fingerprint density at radius 2 is 2.18 bits per heavy atom. The number of aryl methyl sites for hydroxylation is 1. The fraction of sp³-hybridized carbons (Fsp3) is 0.800. The molecule has 7 nitrogen and oxygen atoms in total. The maximum Gasteiger partial charge on any atom is 0.410 e. The van der Waals surface area contributed by atoms with E-state index in [1.54, 1.807) is 4.90 Å². The van der Waals surface area contributed by atoms with Crippen molar-refractivity contribution in [2.24, 2.45) is 0 Å². The fourth-order valence-corrected chi connectivity index (χ4v) is 2.44. The second kappa shape index (κ2) is 6.24. The van der Waals surface area contributed by atoms with Crippen molar-refractivity contribution in [3.63, 3.8) is 0 Å². The molecule has 1 aromatic rings.